The highest BCUT2D eigenvalue weighted by molar-refractivity contribution is 7.92. The number of carbonyl (C=O) groups is 1. The number of benzene rings is 1. The van der Waals surface area contributed by atoms with Crippen LogP contribution in [-0.2, 0) is 10.0 Å². The minimum atomic E-state index is -3.28. The molecular formula is C10H11NO3S. The van der Waals surface area contributed by atoms with Gasteiger partial charge in [0.15, 0.2) is 5.78 Å². The molecule has 0 aliphatic carbocycles. The Hall–Kier alpha value is -1.36. The van der Waals surface area contributed by atoms with Crippen molar-refractivity contribution >= 4 is 21.5 Å². The minimum Gasteiger partial charge on any atom is -0.294 e. The van der Waals surface area contributed by atoms with Gasteiger partial charge >= 0.3 is 0 Å². The van der Waals surface area contributed by atoms with Crippen molar-refractivity contribution in [1.82, 2.24) is 0 Å². The van der Waals surface area contributed by atoms with Gasteiger partial charge in [-0.2, -0.15) is 0 Å². The van der Waals surface area contributed by atoms with E-state index < -0.39 is 10.0 Å². The average Bonchev–Trinajstić information content (AvgIpc) is 2.17. The molecule has 15 heavy (non-hydrogen) atoms. The van der Waals surface area contributed by atoms with E-state index >= 15 is 0 Å². The summed E-state index contributed by atoms with van der Waals surface area (Å²) in [6.07, 6.45) is 1.41. The van der Waals surface area contributed by atoms with Crippen LogP contribution in [0.2, 0.25) is 0 Å². The molecule has 0 amide bonds. The van der Waals surface area contributed by atoms with Crippen LogP contribution in [0.3, 0.4) is 0 Å². The number of hydrogen-bond donors (Lipinski definition) is 0. The Morgan fingerprint density at radius 1 is 1.27 bits per heavy atom. The Balaban J connectivity index is 2.59. The van der Waals surface area contributed by atoms with Gasteiger partial charge in [0.05, 0.1) is 11.9 Å². The van der Waals surface area contributed by atoms with E-state index in [4.69, 9.17) is 0 Å². The number of fused-ring (bicyclic) bond motifs is 1. The normalized spacial score (nSPS) is 16.3. The Labute approximate surface area is 88.6 Å². The molecule has 1 aliphatic heterocycles. The molecule has 1 heterocycles. The predicted octanol–water partition coefficient (Wildman–Crippen LogP) is 1.04. The number of rotatable bonds is 1. The lowest BCUT2D eigenvalue weighted by Gasteiger charge is -2.28. The third kappa shape index (κ3) is 1.74. The van der Waals surface area contributed by atoms with Gasteiger partial charge in [-0.05, 0) is 12.1 Å². The van der Waals surface area contributed by atoms with Gasteiger partial charge in [0, 0.05) is 18.5 Å². The lowest BCUT2D eigenvalue weighted by atomic mass is 10.0. The van der Waals surface area contributed by atoms with E-state index in [1.54, 1.807) is 24.3 Å². The molecule has 5 heteroatoms. The highest BCUT2D eigenvalue weighted by Gasteiger charge is 2.27. The molecule has 0 unspecified atom stereocenters. The molecule has 1 aliphatic rings. The number of hydrogen-bond acceptors (Lipinski definition) is 3. The molecule has 0 fully saturated rings. The van der Waals surface area contributed by atoms with E-state index in [-0.39, 0.29) is 18.7 Å². The molecule has 80 valence electrons. The van der Waals surface area contributed by atoms with E-state index in [1.807, 2.05) is 0 Å². The molecule has 0 spiro atoms. The zero-order valence-electron chi connectivity index (χ0n) is 8.30. The Kier molecular flexibility index (Phi) is 2.26. The van der Waals surface area contributed by atoms with E-state index in [0.29, 0.717) is 11.3 Å². The van der Waals surface area contributed by atoms with Crippen molar-refractivity contribution in [2.45, 2.75) is 6.42 Å². The first-order valence-electron chi connectivity index (χ1n) is 4.60. The largest absolute Gasteiger partial charge is 0.294 e. The maximum absolute atomic E-state index is 11.5. The molecular weight excluding hydrogens is 214 g/mol. The van der Waals surface area contributed by atoms with Crippen LogP contribution in [0.25, 0.3) is 0 Å². The molecule has 0 bridgehead atoms. The summed E-state index contributed by atoms with van der Waals surface area (Å²) in [7, 11) is -3.28. The maximum Gasteiger partial charge on any atom is 0.232 e. The maximum atomic E-state index is 11.5. The predicted molar refractivity (Wildman–Crippen MR) is 57.6 cm³/mol. The zero-order chi connectivity index (χ0) is 11.1. The molecule has 0 aromatic heterocycles. The summed E-state index contributed by atoms with van der Waals surface area (Å²) in [4.78, 5) is 11.5. The van der Waals surface area contributed by atoms with Crippen LogP contribution >= 0.6 is 0 Å². The van der Waals surface area contributed by atoms with Crippen LogP contribution in [0.5, 0.6) is 0 Å². The number of para-hydroxylation sites is 1. The van der Waals surface area contributed by atoms with E-state index in [1.165, 1.54) is 4.31 Å². The van der Waals surface area contributed by atoms with Crippen molar-refractivity contribution in [2.75, 3.05) is 17.1 Å². The molecule has 0 saturated carbocycles. The smallest absolute Gasteiger partial charge is 0.232 e. The minimum absolute atomic E-state index is 0.00509. The molecule has 4 nitrogen and oxygen atoms in total. The van der Waals surface area contributed by atoms with Crippen molar-refractivity contribution in [3.05, 3.63) is 29.8 Å². The first-order chi connectivity index (χ1) is 7.00. The van der Waals surface area contributed by atoms with E-state index in [9.17, 15) is 13.2 Å². The summed E-state index contributed by atoms with van der Waals surface area (Å²) in [5, 5.41) is 0. The molecule has 0 atom stereocenters. The number of anilines is 1. The summed E-state index contributed by atoms with van der Waals surface area (Å²) in [5.74, 6) is 0.00509. The van der Waals surface area contributed by atoms with Crippen molar-refractivity contribution < 1.29 is 13.2 Å². The Morgan fingerprint density at radius 2 is 1.93 bits per heavy atom. The first kappa shape index (κ1) is 10.2. The Morgan fingerprint density at radius 3 is 2.60 bits per heavy atom. The van der Waals surface area contributed by atoms with Crippen molar-refractivity contribution in [3.63, 3.8) is 0 Å². The van der Waals surface area contributed by atoms with Crippen LogP contribution in [0.4, 0.5) is 5.69 Å². The van der Waals surface area contributed by atoms with Gasteiger partial charge in [0.2, 0.25) is 10.0 Å². The summed E-state index contributed by atoms with van der Waals surface area (Å²) < 4.78 is 24.2. The summed E-state index contributed by atoms with van der Waals surface area (Å²) in [5.41, 5.74) is 0.991. The summed E-state index contributed by atoms with van der Waals surface area (Å²) in [6, 6.07) is 6.79. The highest BCUT2D eigenvalue weighted by Crippen LogP contribution is 2.28. The number of Topliss-reactive ketones (excluding diaryl/α,β-unsaturated/α-hetero) is 1. The third-order valence-corrected chi connectivity index (χ3v) is 3.60. The quantitative estimate of drug-likeness (QED) is 0.717. The second-order valence-electron chi connectivity index (χ2n) is 3.53. The number of nitrogens with zero attached hydrogens (tertiary/aromatic N) is 1. The van der Waals surface area contributed by atoms with Gasteiger partial charge in [-0.3, -0.25) is 9.10 Å². The zero-order valence-corrected chi connectivity index (χ0v) is 9.12. The van der Waals surface area contributed by atoms with Gasteiger partial charge in [-0.25, -0.2) is 8.42 Å². The number of ketones is 1. The van der Waals surface area contributed by atoms with Gasteiger partial charge < -0.3 is 0 Å². The summed E-state index contributed by atoms with van der Waals surface area (Å²) >= 11 is 0. The van der Waals surface area contributed by atoms with Gasteiger partial charge in [0.1, 0.15) is 0 Å². The van der Waals surface area contributed by atoms with Crippen LogP contribution in [0.1, 0.15) is 16.8 Å². The van der Waals surface area contributed by atoms with Crippen LogP contribution in [-0.4, -0.2) is 27.0 Å². The Bertz CT molecular complexity index is 507. The fourth-order valence-corrected chi connectivity index (χ4v) is 2.67. The van der Waals surface area contributed by atoms with Crippen LogP contribution < -0.4 is 4.31 Å². The van der Waals surface area contributed by atoms with Crippen molar-refractivity contribution in [2.24, 2.45) is 0 Å². The lowest BCUT2D eigenvalue weighted by molar-refractivity contribution is 0.0982. The molecule has 0 saturated heterocycles. The molecule has 0 radical (unpaired) electrons. The average molecular weight is 225 g/mol. The highest BCUT2D eigenvalue weighted by atomic mass is 32.2. The summed E-state index contributed by atoms with van der Waals surface area (Å²) in [6.45, 7) is 0.245. The monoisotopic (exact) mass is 225 g/mol. The second-order valence-corrected chi connectivity index (χ2v) is 5.43. The molecule has 1 aromatic rings. The van der Waals surface area contributed by atoms with Crippen LogP contribution in [0.15, 0.2) is 24.3 Å². The molecule has 0 N–H and O–H groups in total. The SMILES string of the molecule is CS(=O)(=O)N1CCC(=O)c2ccccc21. The number of sulfonamides is 1. The van der Waals surface area contributed by atoms with E-state index in [2.05, 4.69) is 0 Å². The van der Waals surface area contributed by atoms with E-state index in [0.717, 1.165) is 6.26 Å². The fourth-order valence-electron chi connectivity index (χ4n) is 1.73. The van der Waals surface area contributed by atoms with Crippen LogP contribution in [0, 0.1) is 0 Å². The van der Waals surface area contributed by atoms with Crippen molar-refractivity contribution in [3.8, 4) is 0 Å². The second kappa shape index (κ2) is 3.34. The van der Waals surface area contributed by atoms with Gasteiger partial charge in [-0.15, -0.1) is 0 Å². The molecule has 2 rings (SSSR count). The van der Waals surface area contributed by atoms with Gasteiger partial charge in [-0.1, -0.05) is 12.1 Å². The fraction of sp³-hybridized carbons (Fsp3) is 0.300. The topological polar surface area (TPSA) is 54.5 Å². The molecule has 1 aromatic carbocycles. The first-order valence-corrected chi connectivity index (χ1v) is 6.45. The lowest BCUT2D eigenvalue weighted by Crippen LogP contribution is -2.36. The standard InChI is InChI=1S/C10H11NO3S/c1-15(13,14)11-7-6-10(12)8-4-2-3-5-9(8)11/h2-5H,6-7H2,1H3. The third-order valence-electron chi connectivity index (χ3n) is 2.42. The van der Waals surface area contributed by atoms with Crippen molar-refractivity contribution in [1.29, 1.82) is 0 Å². The van der Waals surface area contributed by atoms with Gasteiger partial charge in [0.25, 0.3) is 0 Å². The number of carbonyl (C=O) groups excluding carboxylic acids is 1.